The van der Waals surface area contributed by atoms with Gasteiger partial charge in [0, 0.05) is 46.8 Å². The molecule has 0 aliphatic carbocycles. The van der Waals surface area contributed by atoms with Crippen LogP contribution in [-0.4, -0.2) is 20.5 Å². The van der Waals surface area contributed by atoms with Crippen LogP contribution in [0.4, 0.5) is 0 Å². The Morgan fingerprint density at radius 2 is 2.00 bits per heavy atom. The van der Waals surface area contributed by atoms with Crippen molar-refractivity contribution < 1.29 is 4.79 Å². The Morgan fingerprint density at radius 3 is 2.74 bits per heavy atom. The van der Waals surface area contributed by atoms with Gasteiger partial charge in [0.25, 0.3) is 0 Å². The van der Waals surface area contributed by atoms with Crippen molar-refractivity contribution in [1.82, 2.24) is 14.8 Å². The minimum Gasteiger partial charge on any atom is -0.289 e. The summed E-state index contributed by atoms with van der Waals surface area (Å²) in [6.07, 6.45) is 8.71. The minimum atomic E-state index is -0.0455. The molecule has 5 heteroatoms. The molecule has 23 heavy (non-hydrogen) atoms. The number of rotatable bonds is 4. The molecule has 0 amide bonds. The third-order valence-electron chi connectivity index (χ3n) is 3.33. The first-order valence-electron chi connectivity index (χ1n) is 7.05. The van der Waals surface area contributed by atoms with Crippen molar-refractivity contribution in [2.45, 2.75) is 0 Å². The van der Waals surface area contributed by atoms with Crippen molar-refractivity contribution in [2.75, 3.05) is 0 Å². The van der Waals surface area contributed by atoms with E-state index in [1.54, 1.807) is 41.4 Å². The number of ketones is 1. The standard InChI is InChI=1S/C18H14BrN3O/c1-22-12-15(18(21-22)13-7-9-20-10-8-13)5-6-17(23)14-3-2-4-16(19)11-14/h2-12H,1H3/b6-5+. The lowest BCUT2D eigenvalue weighted by Gasteiger charge is -1.98. The average Bonchev–Trinajstić information content (AvgIpc) is 2.94. The Morgan fingerprint density at radius 1 is 1.22 bits per heavy atom. The number of nitrogens with zero attached hydrogens (tertiary/aromatic N) is 3. The van der Waals surface area contributed by atoms with Crippen LogP contribution in [0, 0.1) is 0 Å². The minimum absolute atomic E-state index is 0.0455. The van der Waals surface area contributed by atoms with Crippen LogP contribution in [0.25, 0.3) is 17.3 Å². The van der Waals surface area contributed by atoms with Crippen molar-refractivity contribution in [2.24, 2.45) is 7.05 Å². The van der Waals surface area contributed by atoms with Gasteiger partial charge in [-0.2, -0.15) is 5.10 Å². The number of hydrogen-bond acceptors (Lipinski definition) is 3. The van der Waals surface area contributed by atoms with Crippen molar-refractivity contribution in [1.29, 1.82) is 0 Å². The predicted molar refractivity (Wildman–Crippen MR) is 93.9 cm³/mol. The van der Waals surface area contributed by atoms with E-state index in [2.05, 4.69) is 26.0 Å². The fourth-order valence-electron chi connectivity index (χ4n) is 2.27. The summed E-state index contributed by atoms with van der Waals surface area (Å²) in [5.41, 5.74) is 3.33. The van der Waals surface area contributed by atoms with E-state index in [1.807, 2.05) is 37.5 Å². The highest BCUT2D eigenvalue weighted by Gasteiger charge is 2.08. The summed E-state index contributed by atoms with van der Waals surface area (Å²) in [4.78, 5) is 16.3. The molecule has 3 aromatic rings. The van der Waals surface area contributed by atoms with Crippen LogP contribution in [0.2, 0.25) is 0 Å². The van der Waals surface area contributed by atoms with Crippen LogP contribution in [0.3, 0.4) is 0 Å². The molecule has 1 aromatic carbocycles. The Kier molecular flexibility index (Phi) is 4.48. The van der Waals surface area contributed by atoms with E-state index in [9.17, 15) is 4.79 Å². The zero-order valence-corrected chi connectivity index (χ0v) is 14.1. The number of aromatic nitrogens is 3. The predicted octanol–water partition coefficient (Wildman–Crippen LogP) is 4.14. The van der Waals surface area contributed by atoms with Crippen LogP contribution >= 0.6 is 15.9 Å². The van der Waals surface area contributed by atoms with Gasteiger partial charge in [-0.05, 0) is 36.4 Å². The van der Waals surface area contributed by atoms with Gasteiger partial charge in [-0.1, -0.05) is 28.1 Å². The van der Waals surface area contributed by atoms with Crippen molar-refractivity contribution in [3.05, 3.63) is 76.7 Å². The second kappa shape index (κ2) is 6.71. The molecule has 0 bridgehead atoms. The zero-order valence-electron chi connectivity index (χ0n) is 12.5. The fraction of sp³-hybridized carbons (Fsp3) is 0.0556. The number of benzene rings is 1. The lowest BCUT2D eigenvalue weighted by molar-refractivity contribution is 0.104. The Bertz CT molecular complexity index is 869. The van der Waals surface area contributed by atoms with Crippen LogP contribution in [0.15, 0.2) is 65.5 Å². The lowest BCUT2D eigenvalue weighted by atomic mass is 10.1. The first kappa shape index (κ1) is 15.4. The maximum Gasteiger partial charge on any atom is 0.185 e. The van der Waals surface area contributed by atoms with Crippen LogP contribution < -0.4 is 0 Å². The van der Waals surface area contributed by atoms with E-state index < -0.39 is 0 Å². The topological polar surface area (TPSA) is 47.8 Å². The van der Waals surface area contributed by atoms with Crippen molar-refractivity contribution >= 4 is 27.8 Å². The number of carbonyl (C=O) groups is 1. The van der Waals surface area contributed by atoms with Crippen LogP contribution in [0.5, 0.6) is 0 Å². The molecule has 0 spiro atoms. The Balaban J connectivity index is 1.90. The molecule has 0 unspecified atom stereocenters. The summed E-state index contributed by atoms with van der Waals surface area (Å²) < 4.78 is 2.62. The highest BCUT2D eigenvalue weighted by atomic mass is 79.9. The number of carbonyl (C=O) groups excluding carboxylic acids is 1. The summed E-state index contributed by atoms with van der Waals surface area (Å²) in [6.45, 7) is 0. The van der Waals surface area contributed by atoms with Gasteiger partial charge in [0.05, 0.1) is 5.69 Å². The highest BCUT2D eigenvalue weighted by Crippen LogP contribution is 2.22. The van der Waals surface area contributed by atoms with E-state index in [4.69, 9.17) is 0 Å². The normalized spacial score (nSPS) is 11.0. The third kappa shape index (κ3) is 3.63. The lowest BCUT2D eigenvalue weighted by Crippen LogP contribution is -1.93. The summed E-state index contributed by atoms with van der Waals surface area (Å²) >= 11 is 3.38. The maximum atomic E-state index is 12.3. The number of pyridine rings is 1. The second-order valence-electron chi connectivity index (χ2n) is 5.05. The van der Waals surface area contributed by atoms with Gasteiger partial charge in [-0.25, -0.2) is 0 Å². The third-order valence-corrected chi connectivity index (χ3v) is 3.83. The van der Waals surface area contributed by atoms with E-state index in [1.165, 1.54) is 0 Å². The smallest absolute Gasteiger partial charge is 0.185 e. The van der Waals surface area contributed by atoms with Crippen LogP contribution in [-0.2, 0) is 7.05 Å². The molecule has 114 valence electrons. The molecule has 2 heterocycles. The van der Waals surface area contributed by atoms with Gasteiger partial charge in [0.1, 0.15) is 0 Å². The average molecular weight is 368 g/mol. The van der Waals surface area contributed by atoms with Crippen LogP contribution in [0.1, 0.15) is 15.9 Å². The molecule has 0 aliphatic rings. The van der Waals surface area contributed by atoms with E-state index >= 15 is 0 Å². The monoisotopic (exact) mass is 367 g/mol. The molecule has 0 N–H and O–H groups in total. The fourth-order valence-corrected chi connectivity index (χ4v) is 2.67. The number of aryl methyl sites for hydroxylation is 1. The molecule has 0 aliphatic heterocycles. The molecule has 0 radical (unpaired) electrons. The molecule has 0 fully saturated rings. The molecular formula is C18H14BrN3O. The first-order valence-corrected chi connectivity index (χ1v) is 7.85. The largest absolute Gasteiger partial charge is 0.289 e. The van der Waals surface area contributed by atoms with E-state index in [0.29, 0.717) is 5.56 Å². The zero-order chi connectivity index (χ0) is 16.2. The number of hydrogen-bond donors (Lipinski definition) is 0. The summed E-state index contributed by atoms with van der Waals surface area (Å²) in [7, 11) is 1.86. The summed E-state index contributed by atoms with van der Waals surface area (Å²) in [6, 6.07) is 11.1. The molecule has 3 rings (SSSR count). The van der Waals surface area contributed by atoms with E-state index in [-0.39, 0.29) is 5.78 Å². The highest BCUT2D eigenvalue weighted by molar-refractivity contribution is 9.10. The van der Waals surface area contributed by atoms with Gasteiger partial charge in [0.2, 0.25) is 0 Å². The summed E-state index contributed by atoms with van der Waals surface area (Å²) in [5.74, 6) is -0.0455. The number of allylic oxidation sites excluding steroid dienone is 1. The molecule has 2 aromatic heterocycles. The van der Waals surface area contributed by atoms with Gasteiger partial charge < -0.3 is 0 Å². The molecule has 0 atom stereocenters. The first-order chi connectivity index (χ1) is 11.1. The van der Waals surface area contributed by atoms with Crippen molar-refractivity contribution in [3.8, 4) is 11.3 Å². The SMILES string of the molecule is Cn1cc(/C=C/C(=O)c2cccc(Br)c2)c(-c2ccncc2)n1. The molecule has 0 saturated carbocycles. The quantitative estimate of drug-likeness (QED) is 0.514. The van der Waals surface area contributed by atoms with Gasteiger partial charge >= 0.3 is 0 Å². The summed E-state index contributed by atoms with van der Waals surface area (Å²) in [5, 5.41) is 4.46. The molecular weight excluding hydrogens is 354 g/mol. The number of halogens is 1. The van der Waals surface area contributed by atoms with E-state index in [0.717, 1.165) is 21.3 Å². The Labute approximate surface area is 142 Å². The van der Waals surface area contributed by atoms with Gasteiger partial charge in [-0.15, -0.1) is 0 Å². The van der Waals surface area contributed by atoms with Gasteiger partial charge in [0.15, 0.2) is 5.78 Å². The van der Waals surface area contributed by atoms with Gasteiger partial charge in [-0.3, -0.25) is 14.5 Å². The molecule has 4 nitrogen and oxygen atoms in total. The molecule has 0 saturated heterocycles. The maximum absolute atomic E-state index is 12.3. The van der Waals surface area contributed by atoms with Crippen molar-refractivity contribution in [3.63, 3.8) is 0 Å². The Hall–Kier alpha value is -2.53. The second-order valence-corrected chi connectivity index (χ2v) is 5.97.